The molecule has 0 heterocycles. The maximum absolute atomic E-state index is 12.1. The molecule has 3 heteroatoms. The Labute approximate surface area is 131 Å². The van der Waals surface area contributed by atoms with Crippen molar-refractivity contribution in [1.29, 1.82) is 0 Å². The lowest BCUT2D eigenvalue weighted by Crippen LogP contribution is -2.32. The van der Waals surface area contributed by atoms with Gasteiger partial charge in [-0.3, -0.25) is 4.79 Å². The highest BCUT2D eigenvalue weighted by molar-refractivity contribution is 5.76. The van der Waals surface area contributed by atoms with Gasteiger partial charge < -0.3 is 11.1 Å². The van der Waals surface area contributed by atoms with Gasteiger partial charge in [-0.2, -0.15) is 0 Å². The SMILES string of the molecule is Nc1ccccc1CCC(=O)NCC1(c2ccccc2)CC1. The molecule has 114 valence electrons. The smallest absolute Gasteiger partial charge is 0.220 e. The molecule has 0 radical (unpaired) electrons. The van der Waals surface area contributed by atoms with Gasteiger partial charge in [0, 0.05) is 24.1 Å². The number of nitrogens with one attached hydrogen (secondary N) is 1. The van der Waals surface area contributed by atoms with E-state index in [2.05, 4.69) is 29.6 Å². The van der Waals surface area contributed by atoms with Gasteiger partial charge in [0.15, 0.2) is 0 Å². The first kappa shape index (κ1) is 14.6. The molecule has 0 spiro atoms. The fourth-order valence-corrected chi connectivity index (χ4v) is 2.88. The van der Waals surface area contributed by atoms with Crippen LogP contribution in [0.25, 0.3) is 0 Å². The number of aryl methyl sites for hydroxylation is 1. The maximum atomic E-state index is 12.1. The largest absolute Gasteiger partial charge is 0.399 e. The van der Waals surface area contributed by atoms with Gasteiger partial charge in [0.05, 0.1) is 0 Å². The number of carbonyl (C=O) groups is 1. The molecule has 0 unspecified atom stereocenters. The predicted molar refractivity (Wildman–Crippen MR) is 89.5 cm³/mol. The van der Waals surface area contributed by atoms with E-state index in [4.69, 9.17) is 5.73 Å². The highest BCUT2D eigenvalue weighted by atomic mass is 16.1. The predicted octanol–water partition coefficient (Wildman–Crippen LogP) is 3.05. The zero-order chi connectivity index (χ0) is 15.4. The number of anilines is 1. The number of nitrogens with two attached hydrogens (primary N) is 1. The molecule has 1 saturated carbocycles. The number of para-hydroxylation sites is 1. The zero-order valence-electron chi connectivity index (χ0n) is 12.7. The van der Waals surface area contributed by atoms with E-state index in [9.17, 15) is 4.79 Å². The lowest BCUT2D eigenvalue weighted by molar-refractivity contribution is -0.121. The summed E-state index contributed by atoms with van der Waals surface area (Å²) in [4.78, 5) is 12.1. The average molecular weight is 294 g/mol. The van der Waals surface area contributed by atoms with Gasteiger partial charge >= 0.3 is 0 Å². The Morgan fingerprint density at radius 3 is 2.41 bits per heavy atom. The van der Waals surface area contributed by atoms with Crippen LogP contribution >= 0.6 is 0 Å². The summed E-state index contributed by atoms with van der Waals surface area (Å²) in [6.45, 7) is 0.736. The molecule has 3 rings (SSSR count). The van der Waals surface area contributed by atoms with E-state index < -0.39 is 0 Å². The molecule has 2 aromatic rings. The molecule has 0 bridgehead atoms. The summed E-state index contributed by atoms with van der Waals surface area (Å²) in [5.41, 5.74) is 9.22. The molecule has 3 nitrogen and oxygen atoms in total. The fraction of sp³-hybridized carbons (Fsp3) is 0.316. The summed E-state index contributed by atoms with van der Waals surface area (Å²) in [5, 5.41) is 3.09. The summed E-state index contributed by atoms with van der Waals surface area (Å²) in [6.07, 6.45) is 3.49. The Morgan fingerprint density at radius 1 is 1.05 bits per heavy atom. The van der Waals surface area contributed by atoms with Crippen LogP contribution in [0.2, 0.25) is 0 Å². The van der Waals surface area contributed by atoms with Crippen molar-refractivity contribution < 1.29 is 4.79 Å². The number of carbonyl (C=O) groups excluding carboxylic acids is 1. The van der Waals surface area contributed by atoms with Crippen LogP contribution in [0.4, 0.5) is 5.69 Å². The van der Waals surface area contributed by atoms with Crippen molar-refractivity contribution in [3.63, 3.8) is 0 Å². The normalized spacial score (nSPS) is 15.3. The number of nitrogen functional groups attached to an aromatic ring is 1. The van der Waals surface area contributed by atoms with Gasteiger partial charge in [-0.05, 0) is 36.5 Å². The second-order valence-electron chi connectivity index (χ2n) is 6.12. The molecule has 3 N–H and O–H groups in total. The Balaban J connectivity index is 1.50. The van der Waals surface area contributed by atoms with Gasteiger partial charge in [0.25, 0.3) is 0 Å². The molecule has 0 aliphatic heterocycles. The van der Waals surface area contributed by atoms with Crippen LogP contribution in [-0.2, 0) is 16.6 Å². The zero-order valence-corrected chi connectivity index (χ0v) is 12.7. The molecule has 1 aliphatic carbocycles. The molecular weight excluding hydrogens is 272 g/mol. The van der Waals surface area contributed by atoms with Gasteiger partial charge in [0.1, 0.15) is 0 Å². The van der Waals surface area contributed by atoms with Gasteiger partial charge in [0.2, 0.25) is 5.91 Å². The van der Waals surface area contributed by atoms with Crippen molar-refractivity contribution >= 4 is 11.6 Å². The molecule has 0 aromatic heterocycles. The van der Waals surface area contributed by atoms with Crippen LogP contribution in [0.15, 0.2) is 54.6 Å². The molecule has 1 fully saturated rings. The monoisotopic (exact) mass is 294 g/mol. The van der Waals surface area contributed by atoms with Crippen LogP contribution in [0.1, 0.15) is 30.4 Å². The molecule has 1 amide bonds. The van der Waals surface area contributed by atoms with E-state index in [0.29, 0.717) is 12.8 Å². The second kappa shape index (κ2) is 6.22. The molecule has 1 aliphatic rings. The van der Waals surface area contributed by atoms with Crippen LogP contribution in [-0.4, -0.2) is 12.5 Å². The summed E-state index contributed by atoms with van der Waals surface area (Å²) >= 11 is 0. The first-order chi connectivity index (χ1) is 10.7. The third kappa shape index (κ3) is 3.30. The minimum atomic E-state index is 0.102. The minimum absolute atomic E-state index is 0.102. The third-order valence-corrected chi connectivity index (χ3v) is 4.54. The maximum Gasteiger partial charge on any atom is 0.220 e. The second-order valence-corrected chi connectivity index (χ2v) is 6.12. The number of rotatable bonds is 6. The van der Waals surface area contributed by atoms with E-state index in [0.717, 1.165) is 30.6 Å². The lowest BCUT2D eigenvalue weighted by Gasteiger charge is -2.16. The van der Waals surface area contributed by atoms with E-state index >= 15 is 0 Å². The van der Waals surface area contributed by atoms with E-state index in [1.807, 2.05) is 30.3 Å². The summed E-state index contributed by atoms with van der Waals surface area (Å²) in [7, 11) is 0. The van der Waals surface area contributed by atoms with Gasteiger partial charge in [-0.1, -0.05) is 48.5 Å². The summed E-state index contributed by atoms with van der Waals surface area (Å²) < 4.78 is 0. The van der Waals surface area contributed by atoms with Crippen LogP contribution < -0.4 is 11.1 Å². The number of amides is 1. The first-order valence-corrected chi connectivity index (χ1v) is 7.85. The first-order valence-electron chi connectivity index (χ1n) is 7.85. The number of benzene rings is 2. The topological polar surface area (TPSA) is 55.1 Å². The third-order valence-electron chi connectivity index (χ3n) is 4.54. The molecule has 0 saturated heterocycles. The van der Waals surface area contributed by atoms with Gasteiger partial charge in [-0.15, -0.1) is 0 Å². The Morgan fingerprint density at radius 2 is 1.73 bits per heavy atom. The van der Waals surface area contributed by atoms with Crippen molar-refractivity contribution in [3.05, 3.63) is 65.7 Å². The number of hydrogen-bond donors (Lipinski definition) is 2. The van der Waals surface area contributed by atoms with E-state index in [1.54, 1.807) is 0 Å². The minimum Gasteiger partial charge on any atom is -0.399 e. The molecular formula is C19H22N2O. The van der Waals surface area contributed by atoms with Crippen molar-refractivity contribution in [2.75, 3.05) is 12.3 Å². The number of hydrogen-bond acceptors (Lipinski definition) is 2. The highest BCUT2D eigenvalue weighted by Crippen LogP contribution is 2.47. The van der Waals surface area contributed by atoms with Crippen LogP contribution in [0.5, 0.6) is 0 Å². The summed E-state index contributed by atoms with van der Waals surface area (Å²) in [5.74, 6) is 0.102. The van der Waals surface area contributed by atoms with Crippen molar-refractivity contribution in [2.24, 2.45) is 0 Å². The van der Waals surface area contributed by atoms with Crippen LogP contribution in [0, 0.1) is 0 Å². The Kier molecular flexibility index (Phi) is 4.14. The highest BCUT2D eigenvalue weighted by Gasteiger charge is 2.44. The van der Waals surface area contributed by atoms with Crippen molar-refractivity contribution in [1.82, 2.24) is 5.32 Å². The van der Waals surface area contributed by atoms with Gasteiger partial charge in [-0.25, -0.2) is 0 Å². The van der Waals surface area contributed by atoms with E-state index in [-0.39, 0.29) is 11.3 Å². The average Bonchev–Trinajstić information content (AvgIpc) is 3.34. The van der Waals surface area contributed by atoms with Crippen LogP contribution in [0.3, 0.4) is 0 Å². The van der Waals surface area contributed by atoms with Crippen molar-refractivity contribution in [2.45, 2.75) is 31.1 Å². The Hall–Kier alpha value is -2.29. The Bertz CT molecular complexity index is 647. The molecule has 0 atom stereocenters. The quantitative estimate of drug-likeness (QED) is 0.805. The fourth-order valence-electron chi connectivity index (χ4n) is 2.88. The summed E-state index contributed by atoms with van der Waals surface area (Å²) in [6, 6.07) is 18.2. The standard InChI is InChI=1S/C19H22N2O/c20-17-9-5-4-6-15(17)10-11-18(22)21-14-19(12-13-19)16-7-2-1-3-8-16/h1-9H,10-14,20H2,(H,21,22). The van der Waals surface area contributed by atoms with Crippen molar-refractivity contribution in [3.8, 4) is 0 Å². The lowest BCUT2D eigenvalue weighted by atomic mass is 9.96. The molecule has 2 aromatic carbocycles. The molecule has 22 heavy (non-hydrogen) atoms. The van der Waals surface area contributed by atoms with E-state index in [1.165, 1.54) is 5.56 Å².